The van der Waals surface area contributed by atoms with Gasteiger partial charge in [0, 0.05) is 5.38 Å². The summed E-state index contributed by atoms with van der Waals surface area (Å²) in [5, 5.41) is 13.9. The van der Waals surface area contributed by atoms with E-state index in [1.54, 1.807) is 0 Å². The fraction of sp³-hybridized carbons (Fsp3) is 0.250. The Kier molecular flexibility index (Phi) is 3.96. The van der Waals surface area contributed by atoms with Crippen LogP contribution >= 0.6 is 22.7 Å². The van der Waals surface area contributed by atoms with Crippen molar-refractivity contribution in [2.45, 2.75) is 19.8 Å². The molecule has 0 bridgehead atoms. The van der Waals surface area contributed by atoms with Crippen LogP contribution in [-0.2, 0) is 0 Å². The molecule has 0 atom stereocenters. The minimum atomic E-state index is -1.03. The summed E-state index contributed by atoms with van der Waals surface area (Å²) in [6.45, 7) is 4.05. The number of hydrogen-bond donors (Lipinski definition) is 2. The molecule has 2 aromatic heterocycles. The Balaban J connectivity index is 2.09. The van der Waals surface area contributed by atoms with E-state index in [1.807, 2.05) is 19.2 Å². The molecule has 0 aliphatic heterocycles. The maximum atomic E-state index is 11.9. The second-order valence-electron chi connectivity index (χ2n) is 4.16. The first-order valence-corrected chi connectivity index (χ1v) is 7.27. The second kappa shape index (κ2) is 5.50. The van der Waals surface area contributed by atoms with Crippen LogP contribution in [0.5, 0.6) is 0 Å². The number of hydrogen-bond acceptors (Lipinski definition) is 5. The first-order chi connectivity index (χ1) is 8.97. The predicted octanol–water partition coefficient (Wildman–Crippen LogP) is 3.28. The van der Waals surface area contributed by atoms with Crippen LogP contribution in [0.15, 0.2) is 17.5 Å². The number of carbonyl (C=O) groups is 2. The van der Waals surface area contributed by atoms with Gasteiger partial charge in [0.05, 0.1) is 10.6 Å². The molecule has 0 fully saturated rings. The van der Waals surface area contributed by atoms with E-state index in [9.17, 15) is 9.59 Å². The Morgan fingerprint density at radius 2 is 2.00 bits per heavy atom. The Morgan fingerprint density at radius 3 is 2.53 bits per heavy atom. The highest BCUT2D eigenvalue weighted by molar-refractivity contribution is 7.16. The Morgan fingerprint density at radius 1 is 1.32 bits per heavy atom. The Hall–Kier alpha value is -1.73. The summed E-state index contributed by atoms with van der Waals surface area (Å²) in [6, 6.07) is 2.92. The van der Waals surface area contributed by atoms with E-state index < -0.39 is 5.97 Å². The smallest absolute Gasteiger partial charge is 0.345 e. The van der Waals surface area contributed by atoms with Crippen LogP contribution in [0.2, 0.25) is 0 Å². The minimum absolute atomic E-state index is 0.146. The maximum absolute atomic E-state index is 11.9. The summed E-state index contributed by atoms with van der Waals surface area (Å²) in [7, 11) is 0. The van der Waals surface area contributed by atoms with E-state index >= 15 is 0 Å². The monoisotopic (exact) mass is 296 g/mol. The van der Waals surface area contributed by atoms with Gasteiger partial charge in [0.15, 0.2) is 5.13 Å². The fourth-order valence-electron chi connectivity index (χ4n) is 1.34. The summed E-state index contributed by atoms with van der Waals surface area (Å²) in [5.41, 5.74) is 0.928. The van der Waals surface area contributed by atoms with E-state index in [0.29, 0.717) is 15.9 Å². The number of thiophene rings is 1. The molecule has 0 aromatic carbocycles. The third-order valence-electron chi connectivity index (χ3n) is 2.37. The number of amides is 1. The summed E-state index contributed by atoms with van der Waals surface area (Å²) in [5.74, 6) is -1.05. The molecule has 2 heterocycles. The van der Waals surface area contributed by atoms with Crippen molar-refractivity contribution in [2.24, 2.45) is 0 Å². The van der Waals surface area contributed by atoms with Crippen LogP contribution in [0.1, 0.15) is 44.8 Å². The number of rotatable bonds is 4. The Labute approximate surface area is 117 Å². The molecule has 0 aliphatic rings. The molecule has 2 rings (SSSR count). The lowest BCUT2D eigenvalue weighted by molar-refractivity contribution is 0.0702. The molecule has 19 heavy (non-hydrogen) atoms. The van der Waals surface area contributed by atoms with Crippen molar-refractivity contribution in [3.8, 4) is 0 Å². The summed E-state index contributed by atoms with van der Waals surface area (Å²) >= 11 is 2.31. The fourth-order valence-corrected chi connectivity index (χ4v) is 2.95. The van der Waals surface area contributed by atoms with Gasteiger partial charge in [0.25, 0.3) is 5.91 Å². The summed E-state index contributed by atoms with van der Waals surface area (Å²) < 4.78 is 0. The molecular weight excluding hydrogens is 284 g/mol. The largest absolute Gasteiger partial charge is 0.477 e. The lowest BCUT2D eigenvalue weighted by atomic mass is 10.2. The lowest BCUT2D eigenvalue weighted by Crippen LogP contribution is -2.10. The van der Waals surface area contributed by atoms with Gasteiger partial charge in [-0.2, -0.15) is 0 Å². The van der Waals surface area contributed by atoms with E-state index in [-0.39, 0.29) is 10.8 Å². The summed E-state index contributed by atoms with van der Waals surface area (Å²) in [4.78, 5) is 27.4. The van der Waals surface area contributed by atoms with E-state index in [2.05, 4.69) is 10.3 Å². The molecule has 2 aromatic rings. The number of nitrogens with one attached hydrogen (secondary N) is 1. The molecule has 5 nitrogen and oxygen atoms in total. The average Bonchev–Trinajstić information content (AvgIpc) is 2.96. The highest BCUT2D eigenvalue weighted by atomic mass is 32.1. The van der Waals surface area contributed by atoms with Crippen molar-refractivity contribution in [3.05, 3.63) is 33.0 Å². The molecular formula is C12H12N2O3S2. The molecule has 0 spiro atoms. The maximum Gasteiger partial charge on any atom is 0.345 e. The lowest BCUT2D eigenvalue weighted by Gasteiger charge is -1.99. The molecule has 0 aliphatic carbocycles. The number of carbonyl (C=O) groups excluding carboxylic acids is 1. The van der Waals surface area contributed by atoms with Crippen molar-refractivity contribution >= 4 is 39.7 Å². The molecule has 0 saturated carbocycles. The van der Waals surface area contributed by atoms with Gasteiger partial charge in [-0.1, -0.05) is 13.8 Å². The highest BCUT2D eigenvalue weighted by Crippen LogP contribution is 2.23. The first-order valence-electron chi connectivity index (χ1n) is 5.57. The van der Waals surface area contributed by atoms with Gasteiger partial charge in [-0.25, -0.2) is 9.78 Å². The number of carboxylic acid groups (broad SMARTS) is 1. The number of aromatic nitrogens is 1. The third-order valence-corrected chi connectivity index (χ3v) is 4.22. The molecule has 0 unspecified atom stereocenters. The van der Waals surface area contributed by atoms with Crippen LogP contribution in [-0.4, -0.2) is 22.0 Å². The van der Waals surface area contributed by atoms with Gasteiger partial charge in [-0.15, -0.1) is 22.7 Å². The topological polar surface area (TPSA) is 79.3 Å². The van der Waals surface area contributed by atoms with Crippen molar-refractivity contribution < 1.29 is 14.7 Å². The molecule has 0 saturated heterocycles. The molecule has 1 amide bonds. The van der Waals surface area contributed by atoms with E-state index in [1.165, 1.54) is 23.5 Å². The highest BCUT2D eigenvalue weighted by Gasteiger charge is 2.14. The van der Waals surface area contributed by atoms with Gasteiger partial charge >= 0.3 is 5.97 Å². The second-order valence-corrected chi connectivity index (χ2v) is 6.10. The van der Waals surface area contributed by atoms with Crippen molar-refractivity contribution in [1.29, 1.82) is 0 Å². The van der Waals surface area contributed by atoms with E-state index in [4.69, 9.17) is 5.11 Å². The Bertz CT molecular complexity index is 616. The van der Waals surface area contributed by atoms with Crippen LogP contribution in [0.4, 0.5) is 5.13 Å². The van der Waals surface area contributed by atoms with Crippen LogP contribution in [0, 0.1) is 0 Å². The summed E-state index contributed by atoms with van der Waals surface area (Å²) in [6.07, 6.45) is 0. The van der Waals surface area contributed by atoms with Crippen LogP contribution < -0.4 is 5.32 Å². The molecule has 7 heteroatoms. The van der Waals surface area contributed by atoms with Crippen molar-refractivity contribution in [1.82, 2.24) is 4.98 Å². The zero-order chi connectivity index (χ0) is 14.0. The number of carboxylic acids is 1. The minimum Gasteiger partial charge on any atom is -0.477 e. The van der Waals surface area contributed by atoms with Gasteiger partial charge in [0.1, 0.15) is 4.88 Å². The van der Waals surface area contributed by atoms with Crippen molar-refractivity contribution in [2.75, 3.05) is 5.32 Å². The van der Waals surface area contributed by atoms with Crippen molar-refractivity contribution in [3.63, 3.8) is 0 Å². The quantitative estimate of drug-likeness (QED) is 0.907. The molecule has 100 valence electrons. The number of thiazole rings is 1. The van der Waals surface area contributed by atoms with Gasteiger partial charge in [0.2, 0.25) is 0 Å². The van der Waals surface area contributed by atoms with Gasteiger partial charge in [-0.3, -0.25) is 10.1 Å². The zero-order valence-corrected chi connectivity index (χ0v) is 12.0. The SMILES string of the molecule is CC(C)c1csc(NC(=O)c2ccc(C(=O)O)s2)n1. The van der Waals surface area contributed by atoms with Crippen LogP contribution in [0.3, 0.4) is 0 Å². The first kappa shape index (κ1) is 13.7. The van der Waals surface area contributed by atoms with Crippen LogP contribution in [0.25, 0.3) is 0 Å². The van der Waals surface area contributed by atoms with Gasteiger partial charge < -0.3 is 5.11 Å². The zero-order valence-electron chi connectivity index (χ0n) is 10.3. The number of aromatic carboxylic acids is 1. The van der Waals surface area contributed by atoms with E-state index in [0.717, 1.165) is 17.0 Å². The number of nitrogens with zero attached hydrogens (tertiary/aromatic N) is 1. The molecule has 2 N–H and O–H groups in total. The third kappa shape index (κ3) is 3.18. The standard InChI is InChI=1S/C12H12N2O3S2/c1-6(2)7-5-18-12(13-7)14-10(15)8-3-4-9(19-8)11(16)17/h3-6H,1-2H3,(H,16,17)(H,13,14,15). The predicted molar refractivity (Wildman–Crippen MR) is 75.4 cm³/mol. The van der Waals surface area contributed by atoms with Gasteiger partial charge in [-0.05, 0) is 18.1 Å². The molecule has 0 radical (unpaired) electrons. The average molecular weight is 296 g/mol. The normalized spacial score (nSPS) is 10.7. The number of anilines is 1.